The van der Waals surface area contributed by atoms with Gasteiger partial charge in [0.05, 0.1) is 12.5 Å². The molecule has 0 radical (unpaired) electrons. The van der Waals surface area contributed by atoms with Crippen molar-refractivity contribution in [2.24, 2.45) is 5.92 Å². The molecule has 8 heteroatoms. The molecule has 4 rings (SSSR count). The van der Waals surface area contributed by atoms with E-state index >= 15 is 0 Å². The van der Waals surface area contributed by atoms with Crippen LogP contribution < -0.4 is 10.6 Å². The number of carboxylic acid groups (broad SMARTS) is 1. The van der Waals surface area contributed by atoms with Crippen LogP contribution in [0.4, 0.5) is 4.79 Å². The van der Waals surface area contributed by atoms with Gasteiger partial charge in [-0.15, -0.1) is 0 Å². The Morgan fingerprint density at radius 3 is 2.30 bits per heavy atom. The average molecular weight is 453 g/mol. The molecule has 0 saturated heterocycles. The molecule has 0 aromatic heterocycles. The number of aliphatic carboxylic acids is 1. The number of carboxylic acids is 1. The van der Waals surface area contributed by atoms with Crippen molar-refractivity contribution in [3.05, 3.63) is 59.7 Å². The summed E-state index contributed by atoms with van der Waals surface area (Å²) in [6.07, 6.45) is 1.70. The number of hydrogen-bond acceptors (Lipinski definition) is 5. The van der Waals surface area contributed by atoms with Gasteiger partial charge in [-0.2, -0.15) is 0 Å². The van der Waals surface area contributed by atoms with Crippen molar-refractivity contribution in [1.82, 2.24) is 10.6 Å². The summed E-state index contributed by atoms with van der Waals surface area (Å²) < 4.78 is 10.5. The van der Waals surface area contributed by atoms with Crippen LogP contribution in [0.2, 0.25) is 0 Å². The first kappa shape index (κ1) is 22.8. The molecule has 0 spiro atoms. The van der Waals surface area contributed by atoms with Gasteiger partial charge < -0.3 is 25.2 Å². The van der Waals surface area contributed by atoms with Gasteiger partial charge in [0.2, 0.25) is 5.91 Å². The van der Waals surface area contributed by atoms with Crippen LogP contribution in [0.3, 0.4) is 0 Å². The van der Waals surface area contributed by atoms with E-state index in [1.54, 1.807) is 0 Å². The molecule has 2 aliphatic carbocycles. The molecule has 0 bridgehead atoms. The average Bonchev–Trinajstić information content (AvgIpc) is 3.39. The van der Waals surface area contributed by atoms with Crippen LogP contribution in [0.5, 0.6) is 0 Å². The SMILES string of the molecule is O=C(O)COCCNC(=O)[C@@H]1CCC[C@@H]1NC(=O)OCC1c2ccccc2-c2ccccc21. The van der Waals surface area contributed by atoms with Gasteiger partial charge in [-0.25, -0.2) is 9.59 Å². The molecule has 0 aliphatic heterocycles. The molecule has 2 atom stereocenters. The Balaban J connectivity index is 1.28. The Bertz CT molecular complexity index is 978. The van der Waals surface area contributed by atoms with Gasteiger partial charge in [-0.1, -0.05) is 55.0 Å². The zero-order valence-corrected chi connectivity index (χ0v) is 18.3. The van der Waals surface area contributed by atoms with Crippen LogP contribution in [0.25, 0.3) is 11.1 Å². The highest BCUT2D eigenvalue weighted by Crippen LogP contribution is 2.44. The third-order valence-electron chi connectivity index (χ3n) is 6.27. The maximum absolute atomic E-state index is 12.6. The van der Waals surface area contributed by atoms with Crippen LogP contribution in [0.15, 0.2) is 48.5 Å². The Hall–Kier alpha value is -3.39. The van der Waals surface area contributed by atoms with Crippen LogP contribution in [0, 0.1) is 5.92 Å². The minimum Gasteiger partial charge on any atom is -0.480 e. The molecule has 2 amide bonds. The highest BCUT2D eigenvalue weighted by Gasteiger charge is 2.35. The lowest BCUT2D eigenvalue weighted by Gasteiger charge is -2.21. The first-order valence-electron chi connectivity index (χ1n) is 11.2. The van der Waals surface area contributed by atoms with Gasteiger partial charge >= 0.3 is 12.1 Å². The quantitative estimate of drug-likeness (QED) is 0.504. The molecule has 2 aromatic carbocycles. The molecular weight excluding hydrogens is 424 g/mol. The van der Waals surface area contributed by atoms with Gasteiger partial charge in [0.1, 0.15) is 13.2 Å². The number of rotatable bonds is 9. The van der Waals surface area contributed by atoms with Gasteiger partial charge in [0.15, 0.2) is 0 Å². The second kappa shape index (κ2) is 10.5. The smallest absolute Gasteiger partial charge is 0.407 e. The summed E-state index contributed by atoms with van der Waals surface area (Å²) in [5.74, 6) is -1.58. The van der Waals surface area contributed by atoms with Crippen molar-refractivity contribution < 1.29 is 29.0 Å². The number of alkyl carbamates (subject to hydrolysis) is 1. The van der Waals surface area contributed by atoms with E-state index in [-0.39, 0.29) is 43.5 Å². The molecule has 174 valence electrons. The molecular formula is C25H28N2O6. The number of nitrogens with one attached hydrogen (secondary N) is 2. The summed E-state index contributed by atoms with van der Waals surface area (Å²) in [5, 5.41) is 14.2. The van der Waals surface area contributed by atoms with E-state index in [1.165, 1.54) is 11.1 Å². The Morgan fingerprint density at radius 1 is 0.970 bits per heavy atom. The summed E-state index contributed by atoms with van der Waals surface area (Å²) in [5.41, 5.74) is 4.63. The molecule has 1 saturated carbocycles. The summed E-state index contributed by atoms with van der Waals surface area (Å²) in [7, 11) is 0. The molecule has 3 N–H and O–H groups in total. The summed E-state index contributed by atoms with van der Waals surface area (Å²) in [6.45, 7) is 0.172. The lowest BCUT2D eigenvalue weighted by Crippen LogP contribution is -2.45. The number of hydrogen-bond donors (Lipinski definition) is 3. The predicted octanol–water partition coefficient (Wildman–Crippen LogP) is 2.91. The number of benzene rings is 2. The van der Waals surface area contributed by atoms with Gasteiger partial charge in [-0.3, -0.25) is 4.79 Å². The fraction of sp³-hybridized carbons (Fsp3) is 0.400. The predicted molar refractivity (Wildman–Crippen MR) is 121 cm³/mol. The minimum absolute atomic E-state index is 0.0170. The van der Waals surface area contributed by atoms with Crippen molar-refractivity contribution in [2.45, 2.75) is 31.2 Å². The van der Waals surface area contributed by atoms with E-state index < -0.39 is 18.7 Å². The topological polar surface area (TPSA) is 114 Å². The number of amides is 2. The number of carbonyl (C=O) groups is 3. The number of fused-ring (bicyclic) bond motifs is 3. The maximum Gasteiger partial charge on any atom is 0.407 e. The van der Waals surface area contributed by atoms with Crippen LogP contribution in [0.1, 0.15) is 36.3 Å². The molecule has 33 heavy (non-hydrogen) atoms. The van der Waals surface area contributed by atoms with Gasteiger partial charge in [0, 0.05) is 18.5 Å². The maximum atomic E-state index is 12.6. The van der Waals surface area contributed by atoms with E-state index in [9.17, 15) is 14.4 Å². The fourth-order valence-corrected chi connectivity index (χ4v) is 4.78. The van der Waals surface area contributed by atoms with E-state index in [2.05, 4.69) is 34.9 Å². The lowest BCUT2D eigenvalue weighted by molar-refractivity contribution is -0.142. The Morgan fingerprint density at radius 2 is 1.64 bits per heavy atom. The zero-order chi connectivity index (χ0) is 23.2. The largest absolute Gasteiger partial charge is 0.480 e. The molecule has 2 aromatic rings. The van der Waals surface area contributed by atoms with Crippen LogP contribution in [-0.4, -0.2) is 55.5 Å². The molecule has 2 aliphatic rings. The first-order chi connectivity index (χ1) is 16.0. The van der Waals surface area contributed by atoms with Crippen molar-refractivity contribution >= 4 is 18.0 Å². The van der Waals surface area contributed by atoms with E-state index in [4.69, 9.17) is 14.6 Å². The Labute approximate surface area is 192 Å². The standard InChI is InChI=1S/C25H28N2O6/c28-23(29)15-32-13-12-26-24(30)20-10-5-11-22(20)27-25(31)33-14-21-18-8-3-1-6-16(18)17-7-2-4-9-19(17)21/h1-4,6-9,20-22H,5,10-15H2,(H,26,30)(H,27,31)(H,28,29)/t20-,22+/m1/s1. The van der Waals surface area contributed by atoms with Crippen LogP contribution in [-0.2, 0) is 19.1 Å². The van der Waals surface area contributed by atoms with Crippen LogP contribution >= 0.6 is 0 Å². The molecule has 0 unspecified atom stereocenters. The highest BCUT2D eigenvalue weighted by molar-refractivity contribution is 5.81. The van der Waals surface area contributed by atoms with Crippen molar-refractivity contribution in [3.63, 3.8) is 0 Å². The zero-order valence-electron chi connectivity index (χ0n) is 18.3. The lowest BCUT2D eigenvalue weighted by atomic mass is 9.98. The molecule has 8 nitrogen and oxygen atoms in total. The minimum atomic E-state index is -1.05. The van der Waals surface area contributed by atoms with Crippen molar-refractivity contribution in [2.75, 3.05) is 26.4 Å². The number of ether oxygens (including phenoxy) is 2. The fourth-order valence-electron chi connectivity index (χ4n) is 4.78. The summed E-state index contributed by atoms with van der Waals surface area (Å²) in [4.78, 5) is 35.5. The van der Waals surface area contributed by atoms with Crippen molar-refractivity contribution in [3.8, 4) is 11.1 Å². The van der Waals surface area contributed by atoms with E-state index in [0.29, 0.717) is 12.8 Å². The normalized spacial score (nSPS) is 18.9. The monoisotopic (exact) mass is 452 g/mol. The summed E-state index contributed by atoms with van der Waals surface area (Å²) in [6, 6.07) is 16.0. The third kappa shape index (κ3) is 5.34. The Kier molecular flexibility index (Phi) is 7.24. The van der Waals surface area contributed by atoms with Gasteiger partial charge in [0.25, 0.3) is 0 Å². The summed E-state index contributed by atoms with van der Waals surface area (Å²) >= 11 is 0. The molecule has 1 fully saturated rings. The van der Waals surface area contributed by atoms with E-state index in [1.807, 2.05) is 24.3 Å². The first-order valence-corrected chi connectivity index (χ1v) is 11.2. The highest BCUT2D eigenvalue weighted by atomic mass is 16.5. The molecule has 0 heterocycles. The number of carbonyl (C=O) groups excluding carboxylic acids is 2. The van der Waals surface area contributed by atoms with Crippen molar-refractivity contribution in [1.29, 1.82) is 0 Å². The van der Waals surface area contributed by atoms with E-state index in [0.717, 1.165) is 17.5 Å². The van der Waals surface area contributed by atoms with Gasteiger partial charge in [-0.05, 0) is 35.1 Å². The third-order valence-corrected chi connectivity index (χ3v) is 6.27. The second-order valence-electron chi connectivity index (χ2n) is 8.35. The second-order valence-corrected chi connectivity index (χ2v) is 8.35.